The predicted molar refractivity (Wildman–Crippen MR) is 144 cm³/mol. The molecule has 1 aliphatic heterocycles. The van der Waals surface area contributed by atoms with Gasteiger partial charge in [0.15, 0.2) is 6.23 Å². The van der Waals surface area contributed by atoms with Gasteiger partial charge in [0.1, 0.15) is 24.5 Å². The maximum absolute atomic E-state index is 12.3. The molecule has 4 aromatic rings. The number of nitrogens with one attached hydrogen (secondary N) is 3. The molecule has 8 nitrogen and oxygen atoms in total. The standard InChI is InChI=1S/C29H29N5O3/c35-29(37-28-11-4-5-16-30-28)34-24-10-6-9-23(17-24)33-27-18-26(31-20-32-27)22-12-14-25(15-13-22)36-19-21-7-2-1-3-8-21/h1-3,6-10,12-15,17-18,20,28,30H,4-5,11,16,19H2,(H,34,35)(H,31,32,33)/t28-/m0/s1. The smallest absolute Gasteiger partial charge is 0.413 e. The van der Waals surface area contributed by atoms with Gasteiger partial charge in [-0.25, -0.2) is 14.8 Å². The molecule has 3 aromatic carbocycles. The third kappa shape index (κ3) is 7.05. The molecule has 3 N–H and O–H groups in total. The number of ether oxygens (including phenoxy) is 2. The lowest BCUT2D eigenvalue weighted by Crippen LogP contribution is -2.38. The number of rotatable bonds is 8. The molecule has 1 saturated heterocycles. The van der Waals surface area contributed by atoms with Crippen LogP contribution in [0.1, 0.15) is 24.8 Å². The Morgan fingerprint density at radius 1 is 0.919 bits per heavy atom. The number of hydrogen-bond donors (Lipinski definition) is 3. The summed E-state index contributed by atoms with van der Waals surface area (Å²) in [5.74, 6) is 1.43. The summed E-state index contributed by atoms with van der Waals surface area (Å²) in [4.78, 5) is 21.0. The topological polar surface area (TPSA) is 97.4 Å². The van der Waals surface area contributed by atoms with Gasteiger partial charge in [-0.2, -0.15) is 0 Å². The molecule has 37 heavy (non-hydrogen) atoms. The Hall–Kier alpha value is -4.43. The van der Waals surface area contributed by atoms with Crippen molar-refractivity contribution in [1.29, 1.82) is 0 Å². The first-order chi connectivity index (χ1) is 18.2. The van der Waals surface area contributed by atoms with Crippen LogP contribution in [0, 0.1) is 0 Å². The molecule has 5 rings (SSSR count). The Morgan fingerprint density at radius 3 is 2.57 bits per heavy atom. The molecule has 1 amide bonds. The molecular weight excluding hydrogens is 466 g/mol. The van der Waals surface area contributed by atoms with E-state index >= 15 is 0 Å². The number of amides is 1. The van der Waals surface area contributed by atoms with Crippen LogP contribution in [0.15, 0.2) is 91.3 Å². The van der Waals surface area contributed by atoms with E-state index in [0.717, 1.165) is 54.1 Å². The molecule has 0 radical (unpaired) electrons. The minimum absolute atomic E-state index is 0.237. The molecule has 8 heteroatoms. The van der Waals surface area contributed by atoms with Crippen LogP contribution in [0.25, 0.3) is 11.3 Å². The molecule has 1 atom stereocenters. The van der Waals surface area contributed by atoms with Crippen LogP contribution in [0.3, 0.4) is 0 Å². The fraction of sp³-hybridized carbons (Fsp3) is 0.207. The van der Waals surface area contributed by atoms with E-state index in [0.29, 0.717) is 18.1 Å². The fourth-order valence-electron chi connectivity index (χ4n) is 4.07. The van der Waals surface area contributed by atoms with E-state index in [9.17, 15) is 4.79 Å². The minimum Gasteiger partial charge on any atom is -0.489 e. The quantitative estimate of drug-likeness (QED) is 0.271. The first kappa shape index (κ1) is 24.3. The zero-order chi connectivity index (χ0) is 25.3. The monoisotopic (exact) mass is 495 g/mol. The number of nitrogens with zero attached hydrogens (tertiary/aromatic N) is 2. The maximum Gasteiger partial charge on any atom is 0.413 e. The van der Waals surface area contributed by atoms with E-state index in [-0.39, 0.29) is 6.23 Å². The number of hydrogen-bond acceptors (Lipinski definition) is 7. The highest BCUT2D eigenvalue weighted by molar-refractivity contribution is 5.85. The predicted octanol–water partition coefficient (Wildman–Crippen LogP) is 6.11. The van der Waals surface area contributed by atoms with Crippen molar-refractivity contribution in [2.75, 3.05) is 17.2 Å². The first-order valence-corrected chi connectivity index (χ1v) is 12.4. The summed E-state index contributed by atoms with van der Waals surface area (Å²) in [5.41, 5.74) is 4.27. The number of anilines is 3. The average molecular weight is 496 g/mol. The average Bonchev–Trinajstić information content (AvgIpc) is 2.94. The maximum atomic E-state index is 12.3. The van der Waals surface area contributed by atoms with Crippen LogP contribution in [0.2, 0.25) is 0 Å². The van der Waals surface area contributed by atoms with Gasteiger partial charge < -0.3 is 14.8 Å². The second-order valence-corrected chi connectivity index (χ2v) is 8.76. The zero-order valence-electron chi connectivity index (χ0n) is 20.4. The molecule has 1 aliphatic rings. The highest BCUT2D eigenvalue weighted by atomic mass is 16.6. The van der Waals surface area contributed by atoms with Crippen molar-refractivity contribution in [1.82, 2.24) is 15.3 Å². The Kier molecular flexibility index (Phi) is 7.88. The minimum atomic E-state index is -0.475. The lowest BCUT2D eigenvalue weighted by Gasteiger charge is -2.23. The van der Waals surface area contributed by atoms with Crippen LogP contribution in [-0.2, 0) is 11.3 Å². The van der Waals surface area contributed by atoms with Crippen LogP contribution in [0.4, 0.5) is 22.0 Å². The number of piperidine rings is 1. The van der Waals surface area contributed by atoms with Crippen molar-refractivity contribution < 1.29 is 14.3 Å². The fourth-order valence-corrected chi connectivity index (χ4v) is 4.07. The van der Waals surface area contributed by atoms with E-state index in [1.54, 1.807) is 0 Å². The molecule has 0 spiro atoms. The SMILES string of the molecule is O=C(Nc1cccc(Nc2cc(-c3ccc(OCc4ccccc4)cc3)ncn2)c1)O[C@H]1CCCCN1. The molecule has 0 bridgehead atoms. The third-order valence-corrected chi connectivity index (χ3v) is 5.96. The lowest BCUT2D eigenvalue weighted by molar-refractivity contribution is 0.0716. The van der Waals surface area contributed by atoms with E-state index in [2.05, 4.69) is 25.9 Å². The van der Waals surface area contributed by atoms with Gasteiger partial charge in [0.2, 0.25) is 0 Å². The van der Waals surface area contributed by atoms with Crippen LogP contribution in [-0.4, -0.2) is 28.8 Å². The molecule has 188 valence electrons. The van der Waals surface area contributed by atoms with Gasteiger partial charge in [0.25, 0.3) is 0 Å². The first-order valence-electron chi connectivity index (χ1n) is 12.4. The van der Waals surface area contributed by atoms with Crippen molar-refractivity contribution in [2.45, 2.75) is 32.1 Å². The van der Waals surface area contributed by atoms with Gasteiger partial charge in [0, 0.05) is 23.0 Å². The van der Waals surface area contributed by atoms with Gasteiger partial charge in [-0.3, -0.25) is 10.6 Å². The largest absolute Gasteiger partial charge is 0.489 e. The second-order valence-electron chi connectivity index (χ2n) is 8.76. The van der Waals surface area contributed by atoms with E-state index in [1.165, 1.54) is 6.33 Å². The van der Waals surface area contributed by atoms with E-state index < -0.39 is 6.09 Å². The van der Waals surface area contributed by atoms with Gasteiger partial charge in [-0.15, -0.1) is 0 Å². The van der Waals surface area contributed by atoms with Crippen molar-refractivity contribution in [3.8, 4) is 17.0 Å². The van der Waals surface area contributed by atoms with Crippen LogP contribution < -0.4 is 20.7 Å². The number of aromatic nitrogens is 2. The Labute approximate surface area is 216 Å². The van der Waals surface area contributed by atoms with Crippen molar-refractivity contribution >= 4 is 23.3 Å². The summed E-state index contributed by atoms with van der Waals surface area (Å²) in [5, 5.41) is 9.27. The van der Waals surface area contributed by atoms with Crippen molar-refractivity contribution in [2.24, 2.45) is 0 Å². The Bertz CT molecular complexity index is 1310. The van der Waals surface area contributed by atoms with Crippen molar-refractivity contribution in [3.63, 3.8) is 0 Å². The molecular formula is C29H29N5O3. The summed E-state index contributed by atoms with van der Waals surface area (Å²) in [6.45, 7) is 1.38. The molecule has 0 aliphatic carbocycles. The second kappa shape index (κ2) is 12.0. The molecule has 1 aromatic heterocycles. The van der Waals surface area contributed by atoms with Crippen LogP contribution in [0.5, 0.6) is 5.75 Å². The summed E-state index contributed by atoms with van der Waals surface area (Å²) in [6, 6.07) is 27.2. The summed E-state index contributed by atoms with van der Waals surface area (Å²) < 4.78 is 11.3. The van der Waals surface area contributed by atoms with Crippen molar-refractivity contribution in [3.05, 3.63) is 96.8 Å². The number of carbonyl (C=O) groups excluding carboxylic acids is 1. The highest BCUT2D eigenvalue weighted by Gasteiger charge is 2.17. The summed E-state index contributed by atoms with van der Waals surface area (Å²) >= 11 is 0. The summed E-state index contributed by atoms with van der Waals surface area (Å²) in [7, 11) is 0. The zero-order valence-corrected chi connectivity index (χ0v) is 20.4. The third-order valence-electron chi connectivity index (χ3n) is 5.96. The summed E-state index contributed by atoms with van der Waals surface area (Å²) in [6.07, 6.45) is 3.80. The Balaban J connectivity index is 1.19. The number of benzene rings is 3. The lowest BCUT2D eigenvalue weighted by atomic mass is 10.1. The molecule has 2 heterocycles. The number of carbonyl (C=O) groups is 1. The van der Waals surface area contributed by atoms with Gasteiger partial charge in [-0.1, -0.05) is 36.4 Å². The molecule has 1 fully saturated rings. The molecule has 0 saturated carbocycles. The van der Waals surface area contributed by atoms with Gasteiger partial charge in [-0.05, 0) is 73.8 Å². The van der Waals surface area contributed by atoms with E-state index in [1.807, 2.05) is 84.9 Å². The van der Waals surface area contributed by atoms with Gasteiger partial charge in [0.05, 0.1) is 5.69 Å². The normalized spacial score (nSPS) is 15.0. The highest BCUT2D eigenvalue weighted by Crippen LogP contribution is 2.25. The van der Waals surface area contributed by atoms with Gasteiger partial charge >= 0.3 is 6.09 Å². The Morgan fingerprint density at radius 2 is 1.76 bits per heavy atom. The van der Waals surface area contributed by atoms with Crippen LogP contribution >= 0.6 is 0 Å². The van der Waals surface area contributed by atoms with E-state index in [4.69, 9.17) is 9.47 Å². The molecule has 0 unspecified atom stereocenters.